The molecule has 7 nitrogen and oxygen atoms in total. The summed E-state index contributed by atoms with van der Waals surface area (Å²) in [5.74, 6) is 0.838. The lowest BCUT2D eigenvalue weighted by Gasteiger charge is -2.26. The Labute approximate surface area is 157 Å². The number of hydrogen-bond donors (Lipinski definition) is 0. The normalized spacial score (nSPS) is 25.6. The predicted octanol–water partition coefficient (Wildman–Crippen LogP) is 1.96. The summed E-state index contributed by atoms with van der Waals surface area (Å²) in [5, 5.41) is 0.377. The summed E-state index contributed by atoms with van der Waals surface area (Å²) in [6.07, 6.45) is 0. The molecule has 1 amide bonds. The van der Waals surface area contributed by atoms with E-state index in [1.165, 1.54) is 11.8 Å². The summed E-state index contributed by atoms with van der Waals surface area (Å²) >= 11 is 1.35. The van der Waals surface area contributed by atoms with Gasteiger partial charge in [-0.25, -0.2) is 8.42 Å². The summed E-state index contributed by atoms with van der Waals surface area (Å²) in [7, 11) is -0.00946. The molecule has 26 heavy (non-hydrogen) atoms. The maximum Gasteiger partial charge on any atom is 0.250 e. The summed E-state index contributed by atoms with van der Waals surface area (Å²) in [6.45, 7) is 3.57. The first kappa shape index (κ1) is 19.0. The molecule has 9 heteroatoms. The minimum absolute atomic E-state index is 0.0364. The van der Waals surface area contributed by atoms with Crippen molar-refractivity contribution in [3.05, 3.63) is 18.2 Å². The fourth-order valence-corrected chi connectivity index (χ4v) is 6.97. The number of carbonyl (C=O) groups is 1. The SMILES string of the molecule is COc1ccc(N2C(=NC(=O)C(C)C)S[C@@H]3CS(=O)(=O)C[C@@H]32)c(OC)c1. The molecule has 0 saturated carbocycles. The van der Waals surface area contributed by atoms with Crippen LogP contribution >= 0.6 is 11.8 Å². The van der Waals surface area contributed by atoms with Gasteiger partial charge in [-0.3, -0.25) is 4.79 Å². The molecule has 2 aliphatic rings. The monoisotopic (exact) mass is 398 g/mol. The second kappa shape index (κ2) is 7.11. The fourth-order valence-electron chi connectivity index (χ4n) is 3.05. The molecule has 2 saturated heterocycles. The number of fused-ring (bicyclic) bond motifs is 1. The van der Waals surface area contributed by atoms with Crippen molar-refractivity contribution in [2.24, 2.45) is 10.9 Å². The largest absolute Gasteiger partial charge is 0.497 e. The first-order chi connectivity index (χ1) is 12.3. The van der Waals surface area contributed by atoms with Gasteiger partial charge in [0.1, 0.15) is 11.5 Å². The molecule has 0 aromatic heterocycles. The fraction of sp³-hybridized carbons (Fsp3) is 0.529. The third-order valence-electron chi connectivity index (χ3n) is 4.41. The highest BCUT2D eigenvalue weighted by molar-refractivity contribution is 8.16. The van der Waals surface area contributed by atoms with E-state index in [2.05, 4.69) is 4.99 Å². The van der Waals surface area contributed by atoms with Gasteiger partial charge in [0.05, 0.1) is 37.5 Å². The third-order valence-corrected chi connectivity index (χ3v) is 7.62. The number of carbonyl (C=O) groups excluding carboxylic acids is 1. The van der Waals surface area contributed by atoms with E-state index in [-0.39, 0.29) is 34.6 Å². The van der Waals surface area contributed by atoms with Gasteiger partial charge in [0.2, 0.25) is 0 Å². The van der Waals surface area contributed by atoms with Crippen LogP contribution in [-0.4, -0.2) is 56.5 Å². The van der Waals surface area contributed by atoms with Gasteiger partial charge >= 0.3 is 0 Å². The average Bonchev–Trinajstić information content (AvgIpc) is 3.05. The van der Waals surface area contributed by atoms with Crippen molar-refractivity contribution in [2.45, 2.75) is 25.1 Å². The molecule has 1 aromatic rings. The average molecular weight is 399 g/mol. The molecule has 142 valence electrons. The molecule has 2 heterocycles. The Balaban J connectivity index is 2.08. The minimum atomic E-state index is -3.11. The van der Waals surface area contributed by atoms with Crippen LogP contribution in [0.15, 0.2) is 23.2 Å². The number of ether oxygens (including phenoxy) is 2. The van der Waals surface area contributed by atoms with E-state index in [9.17, 15) is 13.2 Å². The summed E-state index contributed by atoms with van der Waals surface area (Å²) in [6, 6.07) is 5.05. The van der Waals surface area contributed by atoms with Crippen LogP contribution in [0.4, 0.5) is 5.69 Å². The zero-order valence-electron chi connectivity index (χ0n) is 15.1. The van der Waals surface area contributed by atoms with Crippen LogP contribution in [0.5, 0.6) is 11.5 Å². The van der Waals surface area contributed by atoms with Gasteiger partial charge in [-0.1, -0.05) is 25.6 Å². The van der Waals surface area contributed by atoms with Gasteiger partial charge in [0.25, 0.3) is 5.91 Å². The van der Waals surface area contributed by atoms with Crippen LogP contribution < -0.4 is 14.4 Å². The highest BCUT2D eigenvalue weighted by atomic mass is 32.2. The molecule has 2 atom stereocenters. The molecule has 0 unspecified atom stereocenters. The number of methoxy groups -OCH3 is 2. The number of anilines is 1. The topological polar surface area (TPSA) is 85.3 Å². The quantitative estimate of drug-likeness (QED) is 0.766. The number of amides is 1. The minimum Gasteiger partial charge on any atom is -0.497 e. The Kier molecular flexibility index (Phi) is 5.21. The van der Waals surface area contributed by atoms with Crippen molar-refractivity contribution in [2.75, 3.05) is 30.6 Å². The molecule has 3 rings (SSSR count). The van der Waals surface area contributed by atoms with Crippen molar-refractivity contribution in [3.63, 3.8) is 0 Å². The molecule has 0 aliphatic carbocycles. The van der Waals surface area contributed by atoms with Gasteiger partial charge in [0.15, 0.2) is 15.0 Å². The Morgan fingerprint density at radius 3 is 2.62 bits per heavy atom. The number of sulfone groups is 1. The van der Waals surface area contributed by atoms with Crippen LogP contribution in [0.2, 0.25) is 0 Å². The lowest BCUT2D eigenvalue weighted by atomic mass is 10.2. The second-order valence-electron chi connectivity index (χ2n) is 6.60. The standard InChI is InChI=1S/C17H22N2O5S2/c1-10(2)16(20)18-17-19(13-8-26(21,22)9-15(13)25-17)12-6-5-11(23-3)7-14(12)24-4/h5-7,10,13,15H,8-9H2,1-4H3/t13-,15+/m0/s1. The maximum atomic E-state index is 12.2. The second-order valence-corrected chi connectivity index (χ2v) is 9.96. The van der Waals surface area contributed by atoms with E-state index >= 15 is 0 Å². The predicted molar refractivity (Wildman–Crippen MR) is 103 cm³/mol. The Hall–Kier alpha value is -1.74. The van der Waals surface area contributed by atoms with Gasteiger partial charge in [-0.2, -0.15) is 4.99 Å². The first-order valence-electron chi connectivity index (χ1n) is 8.26. The van der Waals surface area contributed by atoms with Crippen molar-refractivity contribution >= 4 is 38.4 Å². The molecule has 1 aromatic carbocycles. The molecule has 0 bridgehead atoms. The molecule has 0 N–H and O–H groups in total. The van der Waals surface area contributed by atoms with Gasteiger partial charge in [-0.05, 0) is 12.1 Å². The number of aliphatic imine (C=N–C) groups is 1. The Bertz CT molecular complexity index is 851. The molecule has 2 aliphatic heterocycles. The number of hydrogen-bond acceptors (Lipinski definition) is 6. The van der Waals surface area contributed by atoms with Crippen molar-refractivity contribution in [1.29, 1.82) is 0 Å². The Morgan fingerprint density at radius 2 is 2.00 bits per heavy atom. The zero-order valence-corrected chi connectivity index (χ0v) is 16.8. The van der Waals surface area contributed by atoms with Crippen molar-refractivity contribution in [3.8, 4) is 11.5 Å². The number of rotatable bonds is 4. The van der Waals surface area contributed by atoms with Crippen molar-refractivity contribution in [1.82, 2.24) is 0 Å². The van der Waals surface area contributed by atoms with E-state index in [1.807, 2.05) is 4.90 Å². The number of nitrogens with zero attached hydrogens (tertiary/aromatic N) is 2. The van der Waals surface area contributed by atoms with Crippen molar-refractivity contribution < 1.29 is 22.7 Å². The van der Waals surface area contributed by atoms with Gasteiger partial charge < -0.3 is 14.4 Å². The molecule has 0 radical (unpaired) electrons. The lowest BCUT2D eigenvalue weighted by Crippen LogP contribution is -2.38. The summed E-state index contributed by atoms with van der Waals surface area (Å²) < 4.78 is 34.9. The third kappa shape index (κ3) is 3.55. The number of thioether (sulfide) groups is 1. The molecular weight excluding hydrogens is 376 g/mol. The zero-order chi connectivity index (χ0) is 19.1. The van der Waals surface area contributed by atoms with Crippen LogP contribution in [0.1, 0.15) is 13.8 Å². The van der Waals surface area contributed by atoms with E-state index in [1.54, 1.807) is 46.3 Å². The van der Waals surface area contributed by atoms with Crippen LogP contribution in [0.25, 0.3) is 0 Å². The summed E-state index contributed by atoms with van der Waals surface area (Å²) in [4.78, 5) is 18.3. The van der Waals surface area contributed by atoms with Crippen LogP contribution in [-0.2, 0) is 14.6 Å². The van der Waals surface area contributed by atoms with E-state index < -0.39 is 9.84 Å². The van der Waals surface area contributed by atoms with E-state index in [4.69, 9.17) is 9.47 Å². The maximum absolute atomic E-state index is 12.2. The highest BCUT2D eigenvalue weighted by Gasteiger charge is 2.50. The number of benzene rings is 1. The summed E-state index contributed by atoms with van der Waals surface area (Å²) in [5.41, 5.74) is 0.681. The smallest absolute Gasteiger partial charge is 0.250 e. The van der Waals surface area contributed by atoms with Crippen LogP contribution in [0, 0.1) is 5.92 Å². The molecular formula is C17H22N2O5S2. The number of amidine groups is 1. The lowest BCUT2D eigenvalue weighted by molar-refractivity contribution is -0.120. The van der Waals surface area contributed by atoms with Gasteiger partial charge in [0, 0.05) is 17.2 Å². The Morgan fingerprint density at radius 1 is 1.27 bits per heavy atom. The van der Waals surface area contributed by atoms with E-state index in [0.29, 0.717) is 22.4 Å². The van der Waals surface area contributed by atoms with Crippen LogP contribution in [0.3, 0.4) is 0 Å². The van der Waals surface area contributed by atoms with Gasteiger partial charge in [-0.15, -0.1) is 0 Å². The molecule has 0 spiro atoms. The molecule has 2 fully saturated rings. The van der Waals surface area contributed by atoms with E-state index in [0.717, 1.165) is 0 Å². The first-order valence-corrected chi connectivity index (χ1v) is 11.0. The highest BCUT2D eigenvalue weighted by Crippen LogP contribution is 2.44.